The molecule has 2 aromatic carbocycles. The van der Waals surface area contributed by atoms with E-state index in [2.05, 4.69) is 34.5 Å². The maximum atomic E-state index is 12.3. The molecule has 0 bridgehead atoms. The molecular weight excluding hydrogens is 328 g/mol. The third-order valence-corrected chi connectivity index (χ3v) is 4.41. The van der Waals surface area contributed by atoms with Crippen molar-refractivity contribution in [2.45, 2.75) is 32.9 Å². The summed E-state index contributed by atoms with van der Waals surface area (Å²) in [6.07, 6.45) is 2.18. The van der Waals surface area contributed by atoms with E-state index in [4.69, 9.17) is 4.42 Å². The van der Waals surface area contributed by atoms with Crippen LogP contribution in [0.4, 0.5) is 0 Å². The summed E-state index contributed by atoms with van der Waals surface area (Å²) in [7, 11) is 0. The van der Waals surface area contributed by atoms with Crippen molar-refractivity contribution < 1.29 is 9.21 Å². The van der Waals surface area contributed by atoms with E-state index in [9.17, 15) is 4.79 Å². The van der Waals surface area contributed by atoms with Gasteiger partial charge in [-0.25, -0.2) is 4.98 Å². The number of benzene rings is 2. The molecule has 1 atom stereocenters. The van der Waals surface area contributed by atoms with Gasteiger partial charge in [0.15, 0.2) is 5.58 Å². The Morgan fingerprint density at radius 2 is 2.12 bits per heavy atom. The van der Waals surface area contributed by atoms with Gasteiger partial charge < -0.3 is 9.73 Å². The Hall–Kier alpha value is -3.15. The smallest absolute Gasteiger partial charge is 0.222 e. The molecule has 0 aliphatic heterocycles. The first-order valence-corrected chi connectivity index (χ1v) is 8.67. The Balaban J connectivity index is 1.40. The highest BCUT2D eigenvalue weighted by molar-refractivity contribution is 5.80. The molecule has 0 saturated heterocycles. The summed E-state index contributed by atoms with van der Waals surface area (Å²) in [6, 6.07) is 13.5. The average Bonchev–Trinajstić information content (AvgIpc) is 3.23. The lowest BCUT2D eigenvalue weighted by Crippen LogP contribution is -2.27. The van der Waals surface area contributed by atoms with Crippen molar-refractivity contribution in [2.75, 3.05) is 0 Å². The van der Waals surface area contributed by atoms with Crippen LogP contribution in [-0.2, 0) is 11.3 Å². The lowest BCUT2D eigenvalue weighted by Gasteiger charge is -2.10. The molecule has 0 saturated carbocycles. The number of carbonyl (C=O) groups excluding carboxylic acids is 1. The molecule has 6 nitrogen and oxygen atoms in total. The fraction of sp³-hybridized carbons (Fsp3) is 0.250. The number of para-hydroxylation sites is 2. The second-order valence-corrected chi connectivity index (χ2v) is 6.49. The Morgan fingerprint density at radius 1 is 1.27 bits per heavy atom. The van der Waals surface area contributed by atoms with E-state index >= 15 is 0 Å². The van der Waals surface area contributed by atoms with Gasteiger partial charge in [0.05, 0.1) is 18.3 Å². The van der Waals surface area contributed by atoms with Crippen LogP contribution in [0, 0.1) is 6.92 Å². The average molecular weight is 348 g/mol. The van der Waals surface area contributed by atoms with Gasteiger partial charge in [0.25, 0.3) is 0 Å². The maximum absolute atomic E-state index is 12.3. The van der Waals surface area contributed by atoms with Gasteiger partial charge in [-0.1, -0.05) is 23.8 Å². The number of oxazole rings is 1. The van der Waals surface area contributed by atoms with Crippen LogP contribution in [0.2, 0.25) is 0 Å². The minimum absolute atomic E-state index is 0.0597. The van der Waals surface area contributed by atoms with E-state index in [0.717, 1.165) is 22.0 Å². The minimum atomic E-state index is -0.285. The molecule has 132 valence electrons. The number of hydrogen-bond acceptors (Lipinski definition) is 4. The largest absolute Gasteiger partial charge is 0.438 e. The van der Waals surface area contributed by atoms with Crippen molar-refractivity contribution in [3.63, 3.8) is 0 Å². The number of fused-ring (bicyclic) bond motifs is 2. The number of hydrogen-bond donors (Lipinski definition) is 1. The molecule has 0 spiro atoms. The molecule has 1 amide bonds. The lowest BCUT2D eigenvalue weighted by molar-refractivity contribution is -0.122. The number of nitrogens with one attached hydrogen (secondary N) is 1. The summed E-state index contributed by atoms with van der Waals surface area (Å²) in [6.45, 7) is 4.45. The van der Waals surface area contributed by atoms with Gasteiger partial charge in [-0.15, -0.1) is 0 Å². The van der Waals surface area contributed by atoms with E-state index in [1.54, 1.807) is 0 Å². The predicted molar refractivity (Wildman–Crippen MR) is 99.7 cm³/mol. The quantitative estimate of drug-likeness (QED) is 0.596. The summed E-state index contributed by atoms with van der Waals surface area (Å²) in [5.41, 5.74) is 3.75. The van der Waals surface area contributed by atoms with Gasteiger partial charge in [-0.2, -0.15) is 5.10 Å². The standard InChI is InChI=1S/C20H20N4O2/c1-13-7-8-17-15(11-13)12-21-24(17)10-9-19(25)22-14(2)20-23-16-5-3-4-6-18(16)26-20/h3-8,11-12,14H,9-10H2,1-2H3,(H,22,25). The van der Waals surface area contributed by atoms with Gasteiger partial charge in [0.2, 0.25) is 11.8 Å². The molecule has 26 heavy (non-hydrogen) atoms. The lowest BCUT2D eigenvalue weighted by atomic mass is 10.2. The number of aryl methyl sites for hydroxylation is 2. The van der Waals surface area contributed by atoms with Crippen molar-refractivity contribution in [1.82, 2.24) is 20.1 Å². The molecule has 1 N–H and O–H groups in total. The molecule has 6 heteroatoms. The van der Waals surface area contributed by atoms with Gasteiger partial charge in [-0.3, -0.25) is 9.48 Å². The summed E-state index contributed by atoms with van der Waals surface area (Å²) in [5, 5.41) is 8.41. The first-order valence-electron chi connectivity index (χ1n) is 8.67. The molecule has 0 fully saturated rings. The fourth-order valence-corrected chi connectivity index (χ4v) is 3.04. The number of aromatic nitrogens is 3. The maximum Gasteiger partial charge on any atom is 0.222 e. The highest BCUT2D eigenvalue weighted by atomic mass is 16.3. The SMILES string of the molecule is Cc1ccc2c(cnn2CCC(=O)NC(C)c2nc3ccccc3o2)c1. The third kappa shape index (κ3) is 3.18. The third-order valence-electron chi connectivity index (χ3n) is 4.41. The topological polar surface area (TPSA) is 73.0 Å². The fourth-order valence-electron chi connectivity index (χ4n) is 3.04. The highest BCUT2D eigenvalue weighted by Crippen LogP contribution is 2.20. The molecule has 2 heterocycles. The molecule has 0 radical (unpaired) electrons. The van der Waals surface area contributed by atoms with Gasteiger partial charge >= 0.3 is 0 Å². The first kappa shape index (κ1) is 16.3. The van der Waals surface area contributed by atoms with E-state index in [1.807, 2.05) is 48.1 Å². The number of nitrogens with zero attached hydrogens (tertiary/aromatic N) is 3. The summed E-state index contributed by atoms with van der Waals surface area (Å²) in [5.74, 6) is 0.454. The molecule has 0 aliphatic carbocycles. The number of carbonyl (C=O) groups is 1. The van der Waals surface area contributed by atoms with E-state index < -0.39 is 0 Å². The molecular formula is C20H20N4O2. The van der Waals surface area contributed by atoms with Crippen LogP contribution >= 0.6 is 0 Å². The van der Waals surface area contributed by atoms with Gasteiger partial charge in [0.1, 0.15) is 11.6 Å². The van der Waals surface area contributed by atoms with Crippen LogP contribution < -0.4 is 5.32 Å². The normalized spacial score (nSPS) is 12.5. The Morgan fingerprint density at radius 3 is 2.96 bits per heavy atom. The second-order valence-electron chi connectivity index (χ2n) is 6.49. The Kier molecular flexibility index (Phi) is 4.16. The van der Waals surface area contributed by atoms with Crippen molar-refractivity contribution in [3.8, 4) is 0 Å². The van der Waals surface area contributed by atoms with Crippen molar-refractivity contribution in [2.24, 2.45) is 0 Å². The van der Waals surface area contributed by atoms with Crippen molar-refractivity contribution in [1.29, 1.82) is 0 Å². The van der Waals surface area contributed by atoms with Crippen molar-refractivity contribution >= 4 is 27.9 Å². The van der Waals surface area contributed by atoms with Crippen LogP contribution in [0.5, 0.6) is 0 Å². The van der Waals surface area contributed by atoms with Crippen LogP contribution in [0.1, 0.15) is 30.8 Å². The zero-order valence-corrected chi connectivity index (χ0v) is 14.8. The zero-order valence-electron chi connectivity index (χ0n) is 14.8. The number of rotatable bonds is 5. The summed E-state index contributed by atoms with van der Waals surface area (Å²) < 4.78 is 7.57. The summed E-state index contributed by atoms with van der Waals surface area (Å²) >= 11 is 0. The number of amides is 1. The van der Waals surface area contributed by atoms with E-state index in [-0.39, 0.29) is 11.9 Å². The zero-order chi connectivity index (χ0) is 18.1. The predicted octanol–water partition coefficient (Wildman–Crippen LogP) is 3.75. The van der Waals surface area contributed by atoms with Crippen molar-refractivity contribution in [3.05, 3.63) is 60.1 Å². The minimum Gasteiger partial charge on any atom is -0.438 e. The monoisotopic (exact) mass is 348 g/mol. The van der Waals surface area contributed by atoms with Gasteiger partial charge in [0, 0.05) is 11.8 Å². The molecule has 2 aromatic heterocycles. The van der Waals surface area contributed by atoms with Crippen LogP contribution in [0.25, 0.3) is 22.0 Å². The van der Waals surface area contributed by atoms with Crippen LogP contribution in [0.15, 0.2) is 53.1 Å². The highest BCUT2D eigenvalue weighted by Gasteiger charge is 2.16. The Labute approximate surface area is 150 Å². The van der Waals surface area contributed by atoms with E-state index in [0.29, 0.717) is 18.9 Å². The second kappa shape index (κ2) is 6.63. The van der Waals surface area contributed by atoms with Crippen LogP contribution in [0.3, 0.4) is 0 Å². The Bertz CT molecular complexity index is 1050. The first-order chi connectivity index (χ1) is 12.6. The molecule has 1 unspecified atom stereocenters. The van der Waals surface area contributed by atoms with Gasteiger partial charge in [-0.05, 0) is 38.1 Å². The molecule has 4 aromatic rings. The van der Waals surface area contributed by atoms with Crippen LogP contribution in [-0.4, -0.2) is 20.7 Å². The molecule has 0 aliphatic rings. The summed E-state index contributed by atoms with van der Waals surface area (Å²) in [4.78, 5) is 16.7. The molecule has 4 rings (SSSR count). The van der Waals surface area contributed by atoms with E-state index in [1.165, 1.54) is 5.56 Å².